The Hall–Kier alpha value is 0.550. The van der Waals surface area contributed by atoms with Crippen LogP contribution >= 0.6 is 23.4 Å². The number of alkyl halides is 1. The summed E-state index contributed by atoms with van der Waals surface area (Å²) in [5.41, 5.74) is 0. The minimum absolute atomic E-state index is 0.0165. The number of rotatable bonds is 8. The fraction of sp³-hybridized carbons (Fsp3) is 1.00. The molecule has 0 heterocycles. The van der Waals surface area contributed by atoms with Crippen molar-refractivity contribution in [1.82, 2.24) is 4.72 Å². The number of halogens is 1. The molecule has 1 atom stereocenters. The molecule has 0 aromatic carbocycles. The van der Waals surface area contributed by atoms with Crippen molar-refractivity contribution in [2.75, 3.05) is 23.6 Å². The van der Waals surface area contributed by atoms with Gasteiger partial charge in [0.15, 0.2) is 0 Å². The third kappa shape index (κ3) is 7.91. The zero-order chi connectivity index (χ0) is 11.0. The monoisotopic (exact) mass is 259 g/mol. The maximum absolute atomic E-state index is 11.4. The first-order chi connectivity index (χ1) is 6.52. The Labute approximate surface area is 96.0 Å². The zero-order valence-corrected chi connectivity index (χ0v) is 11.0. The lowest BCUT2D eigenvalue weighted by atomic mass is 10.3. The van der Waals surface area contributed by atoms with E-state index in [-0.39, 0.29) is 11.8 Å². The highest BCUT2D eigenvalue weighted by atomic mass is 35.5. The van der Waals surface area contributed by atoms with Crippen molar-refractivity contribution in [3.63, 3.8) is 0 Å². The van der Waals surface area contributed by atoms with E-state index in [1.54, 1.807) is 11.8 Å². The van der Waals surface area contributed by atoms with Crippen molar-refractivity contribution >= 4 is 33.4 Å². The average Bonchev–Trinajstić information content (AvgIpc) is 2.11. The number of sulfonamides is 1. The molecular formula is C8H18ClNO2S2. The van der Waals surface area contributed by atoms with E-state index in [0.717, 1.165) is 12.2 Å². The summed E-state index contributed by atoms with van der Waals surface area (Å²) in [5.74, 6) is 1.49. The van der Waals surface area contributed by atoms with Crippen LogP contribution in [0.5, 0.6) is 0 Å². The smallest absolute Gasteiger partial charge is 0.211 e. The standard InChI is InChI=1S/C8H18ClNO2S2/c1-8(4-6-13-2)10-14(11,12)7-3-5-9/h8,10H,3-7H2,1-2H3. The fourth-order valence-electron chi connectivity index (χ4n) is 0.964. The maximum Gasteiger partial charge on any atom is 0.211 e. The average molecular weight is 260 g/mol. The van der Waals surface area contributed by atoms with Crippen LogP contribution in [0.15, 0.2) is 0 Å². The lowest BCUT2D eigenvalue weighted by molar-refractivity contribution is 0.556. The minimum Gasteiger partial charge on any atom is -0.212 e. The SMILES string of the molecule is CSCCC(C)NS(=O)(=O)CCCCl. The van der Waals surface area contributed by atoms with E-state index in [4.69, 9.17) is 11.6 Å². The molecule has 6 heteroatoms. The Morgan fingerprint density at radius 3 is 2.64 bits per heavy atom. The van der Waals surface area contributed by atoms with Gasteiger partial charge in [0, 0.05) is 11.9 Å². The normalized spacial score (nSPS) is 14.2. The second kappa shape index (κ2) is 7.79. The summed E-state index contributed by atoms with van der Waals surface area (Å²) in [7, 11) is -3.12. The Morgan fingerprint density at radius 1 is 1.50 bits per heavy atom. The first-order valence-electron chi connectivity index (χ1n) is 4.56. The molecule has 1 unspecified atom stereocenters. The Morgan fingerprint density at radius 2 is 2.14 bits per heavy atom. The van der Waals surface area contributed by atoms with Crippen LogP contribution in [0.3, 0.4) is 0 Å². The second-order valence-electron chi connectivity index (χ2n) is 3.16. The van der Waals surface area contributed by atoms with Crippen LogP contribution in [0, 0.1) is 0 Å². The minimum atomic E-state index is -3.12. The van der Waals surface area contributed by atoms with Crippen LogP contribution in [0.1, 0.15) is 19.8 Å². The summed E-state index contributed by atoms with van der Waals surface area (Å²) in [6.07, 6.45) is 3.38. The van der Waals surface area contributed by atoms with Crippen LogP contribution in [0.25, 0.3) is 0 Å². The van der Waals surface area contributed by atoms with Crippen LogP contribution in [0.2, 0.25) is 0 Å². The Kier molecular flexibility index (Phi) is 8.10. The van der Waals surface area contributed by atoms with Gasteiger partial charge in [-0.2, -0.15) is 11.8 Å². The van der Waals surface area contributed by atoms with Gasteiger partial charge in [-0.05, 0) is 31.8 Å². The predicted molar refractivity (Wildman–Crippen MR) is 64.7 cm³/mol. The second-order valence-corrected chi connectivity index (χ2v) is 6.40. The largest absolute Gasteiger partial charge is 0.212 e. The molecule has 14 heavy (non-hydrogen) atoms. The fourth-order valence-corrected chi connectivity index (χ4v) is 3.22. The van der Waals surface area contributed by atoms with Crippen LogP contribution in [0.4, 0.5) is 0 Å². The van der Waals surface area contributed by atoms with Crippen LogP contribution in [-0.4, -0.2) is 38.1 Å². The summed E-state index contributed by atoms with van der Waals surface area (Å²) >= 11 is 7.15. The summed E-state index contributed by atoms with van der Waals surface area (Å²) in [4.78, 5) is 0. The van der Waals surface area contributed by atoms with Gasteiger partial charge in [-0.15, -0.1) is 11.6 Å². The van der Waals surface area contributed by atoms with Crippen molar-refractivity contribution in [3.8, 4) is 0 Å². The molecule has 0 spiro atoms. The molecule has 3 nitrogen and oxygen atoms in total. The molecule has 86 valence electrons. The van der Waals surface area contributed by atoms with Gasteiger partial charge in [0.25, 0.3) is 0 Å². The highest BCUT2D eigenvalue weighted by Crippen LogP contribution is 2.02. The third-order valence-corrected chi connectivity index (χ3v) is 4.18. The van der Waals surface area contributed by atoms with E-state index in [1.165, 1.54) is 0 Å². The molecule has 0 aliphatic carbocycles. The van der Waals surface area contributed by atoms with Crippen molar-refractivity contribution in [2.24, 2.45) is 0 Å². The maximum atomic E-state index is 11.4. The first-order valence-corrected chi connectivity index (χ1v) is 8.15. The summed E-state index contributed by atoms with van der Waals surface area (Å²) in [6, 6.07) is 0.0165. The molecule has 0 rings (SSSR count). The van der Waals surface area contributed by atoms with Crippen LogP contribution in [-0.2, 0) is 10.0 Å². The van der Waals surface area contributed by atoms with Crippen molar-refractivity contribution < 1.29 is 8.42 Å². The van der Waals surface area contributed by atoms with Gasteiger partial charge in [-0.1, -0.05) is 0 Å². The summed E-state index contributed by atoms with van der Waals surface area (Å²) < 4.78 is 25.4. The number of hydrogen-bond donors (Lipinski definition) is 1. The first kappa shape index (κ1) is 14.6. The molecule has 0 aliphatic rings. The summed E-state index contributed by atoms with van der Waals surface area (Å²) in [6.45, 7) is 1.88. The quantitative estimate of drug-likeness (QED) is 0.675. The lowest BCUT2D eigenvalue weighted by Crippen LogP contribution is -2.34. The highest BCUT2D eigenvalue weighted by Gasteiger charge is 2.13. The molecule has 0 saturated carbocycles. The molecule has 0 bridgehead atoms. The van der Waals surface area contributed by atoms with Gasteiger partial charge in [0.2, 0.25) is 10.0 Å². The molecule has 0 aromatic heterocycles. The predicted octanol–water partition coefficient (Wildman–Crippen LogP) is 1.68. The molecule has 0 aromatic rings. The van der Waals surface area contributed by atoms with Gasteiger partial charge in [0.1, 0.15) is 0 Å². The molecule has 0 saturated heterocycles. The highest BCUT2D eigenvalue weighted by molar-refractivity contribution is 7.98. The topological polar surface area (TPSA) is 46.2 Å². The molecule has 0 fully saturated rings. The van der Waals surface area contributed by atoms with Gasteiger partial charge in [-0.3, -0.25) is 0 Å². The van der Waals surface area contributed by atoms with E-state index < -0.39 is 10.0 Å². The third-order valence-electron chi connectivity index (χ3n) is 1.68. The molecule has 1 N–H and O–H groups in total. The number of nitrogens with one attached hydrogen (secondary N) is 1. The van der Waals surface area contributed by atoms with Gasteiger partial charge >= 0.3 is 0 Å². The lowest BCUT2D eigenvalue weighted by Gasteiger charge is -2.12. The van der Waals surface area contributed by atoms with E-state index in [1.807, 2.05) is 13.2 Å². The Balaban J connectivity index is 3.83. The van der Waals surface area contributed by atoms with Crippen LogP contribution < -0.4 is 4.72 Å². The van der Waals surface area contributed by atoms with E-state index >= 15 is 0 Å². The van der Waals surface area contributed by atoms with E-state index in [0.29, 0.717) is 12.3 Å². The van der Waals surface area contributed by atoms with Gasteiger partial charge in [0.05, 0.1) is 5.75 Å². The van der Waals surface area contributed by atoms with Gasteiger partial charge in [-0.25, -0.2) is 13.1 Å². The zero-order valence-electron chi connectivity index (χ0n) is 8.62. The summed E-state index contributed by atoms with van der Waals surface area (Å²) in [5, 5.41) is 0. The molecule has 0 radical (unpaired) electrons. The van der Waals surface area contributed by atoms with Crippen molar-refractivity contribution in [2.45, 2.75) is 25.8 Å². The van der Waals surface area contributed by atoms with Gasteiger partial charge < -0.3 is 0 Å². The van der Waals surface area contributed by atoms with Crippen molar-refractivity contribution in [3.05, 3.63) is 0 Å². The number of thioether (sulfide) groups is 1. The number of hydrogen-bond acceptors (Lipinski definition) is 3. The van der Waals surface area contributed by atoms with Crippen molar-refractivity contribution in [1.29, 1.82) is 0 Å². The van der Waals surface area contributed by atoms with E-state index in [2.05, 4.69) is 4.72 Å². The van der Waals surface area contributed by atoms with E-state index in [9.17, 15) is 8.42 Å². The Bertz CT molecular complexity index is 231. The molecule has 0 aliphatic heterocycles. The molecular weight excluding hydrogens is 242 g/mol. The molecule has 0 amide bonds.